The van der Waals surface area contributed by atoms with E-state index in [2.05, 4.69) is 11.9 Å². The highest BCUT2D eigenvalue weighted by Crippen LogP contribution is 2.53. The molecule has 3 fully saturated rings. The molecular weight excluding hydrogens is 352 g/mol. The van der Waals surface area contributed by atoms with Gasteiger partial charge in [0.1, 0.15) is 5.60 Å². The minimum absolute atomic E-state index is 0.0934. The van der Waals surface area contributed by atoms with Crippen LogP contribution in [0.3, 0.4) is 0 Å². The second-order valence-corrected chi connectivity index (χ2v) is 9.30. The minimum atomic E-state index is -0.443. The van der Waals surface area contributed by atoms with Crippen LogP contribution in [0.4, 0.5) is 4.79 Å². The highest BCUT2D eigenvalue weighted by atomic mass is 16.6. The van der Waals surface area contributed by atoms with E-state index in [0.717, 1.165) is 38.0 Å². The summed E-state index contributed by atoms with van der Waals surface area (Å²) >= 11 is 0. The first kappa shape index (κ1) is 20.7. The monoisotopic (exact) mass is 386 g/mol. The van der Waals surface area contributed by atoms with Crippen molar-refractivity contribution in [1.82, 2.24) is 10.2 Å². The lowest BCUT2D eigenvalue weighted by atomic mass is 10.1. The Morgan fingerprint density at radius 2 is 1.89 bits per heavy atom. The van der Waals surface area contributed by atoms with Gasteiger partial charge < -0.3 is 15.0 Å². The quantitative estimate of drug-likeness (QED) is 0.675. The van der Waals surface area contributed by atoms with Gasteiger partial charge in [0.15, 0.2) is 0 Å². The van der Waals surface area contributed by atoms with E-state index in [4.69, 9.17) is 4.74 Å². The molecule has 3 aliphatic rings. The molecule has 2 amide bonds. The third kappa shape index (κ3) is 4.86. The van der Waals surface area contributed by atoms with Gasteiger partial charge in [-0.15, -0.1) is 0 Å². The van der Waals surface area contributed by atoms with E-state index in [1.807, 2.05) is 56.9 Å². The summed E-state index contributed by atoms with van der Waals surface area (Å²) in [6.45, 7) is 13.8. The fourth-order valence-corrected chi connectivity index (χ4v) is 4.45. The van der Waals surface area contributed by atoms with Crippen molar-refractivity contribution in [3.8, 4) is 0 Å². The molecule has 0 aromatic rings. The number of likely N-dealkylation sites (tertiary alicyclic amines) is 1. The van der Waals surface area contributed by atoms with Gasteiger partial charge in [0.25, 0.3) is 0 Å². The number of ether oxygens (including phenoxy) is 1. The second kappa shape index (κ2) is 8.14. The zero-order valence-corrected chi connectivity index (χ0v) is 17.6. The van der Waals surface area contributed by atoms with Crippen molar-refractivity contribution in [3.05, 3.63) is 36.5 Å². The molecule has 2 aliphatic carbocycles. The predicted molar refractivity (Wildman–Crippen MR) is 111 cm³/mol. The summed E-state index contributed by atoms with van der Waals surface area (Å²) in [4.78, 5) is 26.3. The Kier molecular flexibility index (Phi) is 6.01. The Bertz CT molecular complexity index is 676. The normalized spacial score (nSPS) is 31.5. The van der Waals surface area contributed by atoms with Crippen LogP contribution in [-0.2, 0) is 9.53 Å². The first-order valence-electron chi connectivity index (χ1n) is 10.5. The van der Waals surface area contributed by atoms with Gasteiger partial charge in [0.2, 0.25) is 5.91 Å². The number of fused-ring (bicyclic) bond motifs is 1. The van der Waals surface area contributed by atoms with E-state index in [9.17, 15) is 9.59 Å². The SMILES string of the molecule is C=C/C(=C\C=C/C)[C@H]1C[C@@H]1C(=O)NCCC1[C@H]2CN(C(=O)OC(C)(C)C)C[C@@H]12. The fraction of sp³-hybridized carbons (Fsp3) is 0.652. The summed E-state index contributed by atoms with van der Waals surface area (Å²) in [7, 11) is 0. The van der Waals surface area contributed by atoms with E-state index < -0.39 is 5.60 Å². The van der Waals surface area contributed by atoms with Crippen molar-refractivity contribution in [2.24, 2.45) is 29.6 Å². The van der Waals surface area contributed by atoms with Crippen LogP contribution in [0.15, 0.2) is 36.5 Å². The number of nitrogens with zero attached hydrogens (tertiary/aromatic N) is 1. The first-order valence-corrected chi connectivity index (χ1v) is 10.5. The van der Waals surface area contributed by atoms with Crippen molar-refractivity contribution in [3.63, 3.8) is 0 Å². The van der Waals surface area contributed by atoms with Crippen molar-refractivity contribution in [2.75, 3.05) is 19.6 Å². The molecule has 0 spiro atoms. The first-order chi connectivity index (χ1) is 13.2. The van der Waals surface area contributed by atoms with Crippen molar-refractivity contribution in [2.45, 2.75) is 46.1 Å². The molecule has 0 bridgehead atoms. The van der Waals surface area contributed by atoms with Crippen LogP contribution in [0.5, 0.6) is 0 Å². The molecule has 28 heavy (non-hydrogen) atoms. The molecule has 5 atom stereocenters. The summed E-state index contributed by atoms with van der Waals surface area (Å²) in [5, 5.41) is 3.11. The molecule has 5 nitrogen and oxygen atoms in total. The lowest BCUT2D eigenvalue weighted by Gasteiger charge is -2.25. The number of carbonyl (C=O) groups excluding carboxylic acids is 2. The summed E-state index contributed by atoms with van der Waals surface area (Å²) in [5.74, 6) is 2.36. The third-order valence-corrected chi connectivity index (χ3v) is 6.07. The predicted octanol–water partition coefficient (Wildman–Crippen LogP) is 3.93. The maximum Gasteiger partial charge on any atom is 0.410 e. The van der Waals surface area contributed by atoms with Gasteiger partial charge in [-0.05, 0) is 69.8 Å². The molecule has 1 unspecified atom stereocenters. The molecule has 5 heteroatoms. The van der Waals surface area contributed by atoms with Crippen LogP contribution in [0, 0.1) is 29.6 Å². The molecule has 1 aliphatic heterocycles. The minimum Gasteiger partial charge on any atom is -0.444 e. The van der Waals surface area contributed by atoms with Crippen molar-refractivity contribution < 1.29 is 14.3 Å². The Labute approximate surface area is 168 Å². The van der Waals surface area contributed by atoms with Crippen LogP contribution >= 0.6 is 0 Å². The molecule has 2 saturated carbocycles. The van der Waals surface area contributed by atoms with E-state index in [1.54, 1.807) is 0 Å². The summed E-state index contributed by atoms with van der Waals surface area (Å²) in [6.07, 6.45) is 9.61. The Balaban J connectivity index is 1.33. The number of allylic oxidation sites excluding steroid dienone is 5. The maximum atomic E-state index is 12.4. The van der Waals surface area contributed by atoms with Gasteiger partial charge in [0.05, 0.1) is 0 Å². The lowest BCUT2D eigenvalue weighted by Crippen LogP contribution is -2.37. The van der Waals surface area contributed by atoms with Crippen LogP contribution in [0.25, 0.3) is 0 Å². The number of piperidine rings is 1. The van der Waals surface area contributed by atoms with Crippen LogP contribution in [0.2, 0.25) is 0 Å². The number of carbonyl (C=O) groups is 2. The standard InChI is InChI=1S/C23H34N2O3/c1-6-8-9-15(7-2)17-12-18(17)21(26)24-11-10-16-19-13-25(14-20(16)19)22(27)28-23(3,4)5/h6-9,16-20H,2,10-14H2,1,3-5H3,(H,24,26)/b8-6-,15-9+/t16?,17-,18+,19-,20+/m1/s1. The van der Waals surface area contributed by atoms with Gasteiger partial charge >= 0.3 is 6.09 Å². The molecule has 1 saturated heterocycles. The van der Waals surface area contributed by atoms with E-state index in [-0.39, 0.29) is 17.9 Å². The molecule has 154 valence electrons. The van der Waals surface area contributed by atoms with Gasteiger partial charge in [-0.25, -0.2) is 4.79 Å². The average molecular weight is 387 g/mol. The van der Waals surface area contributed by atoms with E-state index >= 15 is 0 Å². The summed E-state index contributed by atoms with van der Waals surface area (Å²) in [6, 6.07) is 0. The molecule has 1 heterocycles. The number of rotatable bonds is 7. The van der Waals surface area contributed by atoms with Gasteiger partial charge in [0, 0.05) is 25.6 Å². The maximum absolute atomic E-state index is 12.4. The van der Waals surface area contributed by atoms with Gasteiger partial charge in [-0.1, -0.05) is 30.9 Å². The highest BCUT2D eigenvalue weighted by molar-refractivity contribution is 5.82. The zero-order valence-electron chi connectivity index (χ0n) is 17.6. The largest absolute Gasteiger partial charge is 0.444 e. The Hall–Kier alpha value is -2.04. The fourth-order valence-electron chi connectivity index (χ4n) is 4.45. The smallest absolute Gasteiger partial charge is 0.410 e. The number of hydrogen-bond acceptors (Lipinski definition) is 3. The van der Waals surface area contributed by atoms with Crippen LogP contribution < -0.4 is 5.32 Å². The van der Waals surface area contributed by atoms with Crippen molar-refractivity contribution in [1.29, 1.82) is 0 Å². The zero-order chi connectivity index (χ0) is 20.5. The topological polar surface area (TPSA) is 58.6 Å². The molecule has 0 aromatic carbocycles. The third-order valence-electron chi connectivity index (χ3n) is 6.07. The highest BCUT2D eigenvalue weighted by Gasteiger charge is 2.56. The summed E-state index contributed by atoms with van der Waals surface area (Å²) < 4.78 is 5.45. The number of amides is 2. The van der Waals surface area contributed by atoms with Gasteiger partial charge in [-0.3, -0.25) is 4.79 Å². The Morgan fingerprint density at radius 3 is 2.46 bits per heavy atom. The van der Waals surface area contributed by atoms with Crippen LogP contribution in [0.1, 0.15) is 40.5 Å². The second-order valence-electron chi connectivity index (χ2n) is 9.30. The van der Waals surface area contributed by atoms with Crippen molar-refractivity contribution >= 4 is 12.0 Å². The molecule has 0 radical (unpaired) electrons. The van der Waals surface area contributed by atoms with E-state index in [1.165, 1.54) is 0 Å². The van der Waals surface area contributed by atoms with Crippen LogP contribution in [-0.4, -0.2) is 42.1 Å². The lowest BCUT2D eigenvalue weighted by molar-refractivity contribution is -0.122. The van der Waals surface area contributed by atoms with Gasteiger partial charge in [-0.2, -0.15) is 0 Å². The molecular formula is C23H34N2O3. The number of nitrogens with one attached hydrogen (secondary N) is 1. The number of hydrogen-bond donors (Lipinski definition) is 1. The molecule has 3 rings (SSSR count). The Morgan fingerprint density at radius 1 is 1.21 bits per heavy atom. The van der Waals surface area contributed by atoms with E-state index in [0.29, 0.717) is 23.7 Å². The molecule has 0 aromatic heterocycles. The molecule has 1 N–H and O–H groups in total. The average Bonchev–Trinajstić information content (AvgIpc) is 3.49. The summed E-state index contributed by atoms with van der Waals surface area (Å²) in [5.41, 5.74) is 0.707.